The van der Waals surface area contributed by atoms with Crippen molar-refractivity contribution in [3.05, 3.63) is 35.1 Å². The van der Waals surface area contributed by atoms with Gasteiger partial charge < -0.3 is 5.32 Å². The molecule has 0 atom stereocenters. The largest absolute Gasteiger partial charge is 0.360 e. The fourth-order valence-corrected chi connectivity index (χ4v) is 1.85. The van der Waals surface area contributed by atoms with Gasteiger partial charge in [-0.3, -0.25) is 4.98 Å². The number of rotatable bonds is 4. The van der Waals surface area contributed by atoms with E-state index in [0.29, 0.717) is 0 Å². The monoisotopic (exact) mass is 220 g/mol. The average molecular weight is 220 g/mol. The molecule has 1 N–H and O–H groups in total. The highest BCUT2D eigenvalue weighted by molar-refractivity contribution is 7.15. The number of pyridine rings is 1. The molecule has 4 nitrogen and oxygen atoms in total. The summed E-state index contributed by atoms with van der Waals surface area (Å²) in [6, 6.07) is 4.04. The number of nitrogens with zero attached hydrogens (tertiary/aromatic N) is 3. The summed E-state index contributed by atoms with van der Waals surface area (Å²) in [7, 11) is 0. The van der Waals surface area contributed by atoms with Crippen molar-refractivity contribution in [1.82, 2.24) is 15.2 Å². The average Bonchev–Trinajstić information content (AvgIpc) is 2.66. The molecule has 0 saturated carbocycles. The highest BCUT2D eigenvalue weighted by Crippen LogP contribution is 2.13. The number of hydrogen-bond acceptors (Lipinski definition) is 5. The number of hydrogen-bond donors (Lipinski definition) is 1. The van der Waals surface area contributed by atoms with E-state index >= 15 is 0 Å². The predicted molar refractivity (Wildman–Crippen MR) is 61.1 cm³/mol. The number of nitrogens with one attached hydrogen (secondary N) is 1. The predicted octanol–water partition coefficient (Wildman–Crippen LogP) is 1.90. The first kappa shape index (κ1) is 10.0. The van der Waals surface area contributed by atoms with Gasteiger partial charge in [0.1, 0.15) is 5.01 Å². The van der Waals surface area contributed by atoms with Crippen LogP contribution in [0.4, 0.5) is 5.13 Å². The molecule has 5 heteroatoms. The number of aromatic nitrogens is 3. The minimum absolute atomic E-state index is 0.874. The molecule has 2 aromatic rings. The van der Waals surface area contributed by atoms with Gasteiger partial charge in [-0.25, -0.2) is 0 Å². The maximum Gasteiger partial charge on any atom is 0.205 e. The van der Waals surface area contributed by atoms with E-state index in [0.717, 1.165) is 23.1 Å². The summed E-state index contributed by atoms with van der Waals surface area (Å²) in [5, 5.41) is 13.0. The number of anilines is 1. The van der Waals surface area contributed by atoms with Gasteiger partial charge in [-0.2, -0.15) is 0 Å². The standard InChI is InChI=1S/C10H12N4S/c1-8-13-14-10(15-8)12-7-4-9-2-5-11-6-3-9/h2-3,5-6H,4,7H2,1H3,(H,12,14). The van der Waals surface area contributed by atoms with E-state index in [2.05, 4.69) is 20.5 Å². The van der Waals surface area contributed by atoms with E-state index in [-0.39, 0.29) is 0 Å². The molecule has 0 aliphatic rings. The van der Waals surface area contributed by atoms with E-state index in [9.17, 15) is 0 Å². The quantitative estimate of drug-likeness (QED) is 0.855. The molecule has 0 aliphatic heterocycles. The van der Waals surface area contributed by atoms with Crippen molar-refractivity contribution in [3.63, 3.8) is 0 Å². The second-order valence-corrected chi connectivity index (χ2v) is 4.34. The van der Waals surface area contributed by atoms with Gasteiger partial charge in [0.2, 0.25) is 5.13 Å². The molecule has 0 spiro atoms. The summed E-state index contributed by atoms with van der Waals surface area (Å²) in [6.45, 7) is 2.82. The van der Waals surface area contributed by atoms with Crippen molar-refractivity contribution in [2.24, 2.45) is 0 Å². The van der Waals surface area contributed by atoms with Crippen LogP contribution in [0.15, 0.2) is 24.5 Å². The lowest BCUT2D eigenvalue weighted by atomic mass is 10.2. The van der Waals surface area contributed by atoms with Gasteiger partial charge in [-0.05, 0) is 31.0 Å². The first-order valence-corrected chi connectivity index (χ1v) is 5.59. The van der Waals surface area contributed by atoms with Crippen molar-refractivity contribution >= 4 is 16.5 Å². The zero-order chi connectivity index (χ0) is 10.5. The SMILES string of the molecule is Cc1nnc(NCCc2ccncc2)s1. The summed E-state index contributed by atoms with van der Waals surface area (Å²) in [6.07, 6.45) is 4.59. The Hall–Kier alpha value is -1.49. The van der Waals surface area contributed by atoms with Gasteiger partial charge in [-0.1, -0.05) is 11.3 Å². The van der Waals surface area contributed by atoms with Crippen LogP contribution in [-0.4, -0.2) is 21.7 Å². The summed E-state index contributed by atoms with van der Waals surface area (Å²) >= 11 is 1.58. The smallest absolute Gasteiger partial charge is 0.205 e. The van der Waals surface area contributed by atoms with Crippen molar-refractivity contribution < 1.29 is 0 Å². The Bertz CT molecular complexity index is 412. The van der Waals surface area contributed by atoms with Crippen LogP contribution < -0.4 is 5.32 Å². The molecular weight excluding hydrogens is 208 g/mol. The Labute approximate surface area is 92.4 Å². The van der Waals surface area contributed by atoms with Crippen LogP contribution in [0.3, 0.4) is 0 Å². The minimum atomic E-state index is 0.874. The zero-order valence-corrected chi connectivity index (χ0v) is 9.29. The molecule has 78 valence electrons. The molecule has 2 heterocycles. The molecule has 0 bridgehead atoms. The third kappa shape index (κ3) is 2.99. The summed E-state index contributed by atoms with van der Waals surface area (Å²) in [5.74, 6) is 0. The molecule has 0 fully saturated rings. The zero-order valence-electron chi connectivity index (χ0n) is 8.47. The summed E-state index contributed by atoms with van der Waals surface area (Å²) in [5.41, 5.74) is 1.28. The van der Waals surface area contributed by atoms with Crippen LogP contribution in [0.2, 0.25) is 0 Å². The fourth-order valence-electron chi connectivity index (χ4n) is 1.23. The van der Waals surface area contributed by atoms with Crippen molar-refractivity contribution in [2.75, 3.05) is 11.9 Å². The Kier molecular flexibility index (Phi) is 3.24. The maximum absolute atomic E-state index is 3.99. The molecule has 0 saturated heterocycles. The van der Waals surface area contributed by atoms with E-state index in [1.54, 1.807) is 11.3 Å². The van der Waals surface area contributed by atoms with Crippen molar-refractivity contribution in [2.45, 2.75) is 13.3 Å². The van der Waals surface area contributed by atoms with Crippen LogP contribution >= 0.6 is 11.3 Å². The molecule has 15 heavy (non-hydrogen) atoms. The summed E-state index contributed by atoms with van der Waals surface area (Å²) < 4.78 is 0. The van der Waals surface area contributed by atoms with Crippen LogP contribution in [0.1, 0.15) is 10.6 Å². The van der Waals surface area contributed by atoms with E-state index in [1.165, 1.54) is 5.56 Å². The number of aryl methyl sites for hydroxylation is 1. The highest BCUT2D eigenvalue weighted by atomic mass is 32.1. The van der Waals surface area contributed by atoms with Crippen molar-refractivity contribution in [3.8, 4) is 0 Å². The van der Waals surface area contributed by atoms with E-state index in [4.69, 9.17) is 0 Å². The Morgan fingerprint density at radius 2 is 2.07 bits per heavy atom. The third-order valence-electron chi connectivity index (χ3n) is 1.97. The molecule has 0 aromatic carbocycles. The van der Waals surface area contributed by atoms with Crippen LogP contribution in [0.25, 0.3) is 0 Å². The van der Waals surface area contributed by atoms with Gasteiger partial charge in [0.05, 0.1) is 0 Å². The molecule has 0 amide bonds. The second-order valence-electron chi connectivity index (χ2n) is 3.16. The van der Waals surface area contributed by atoms with Gasteiger partial charge in [0, 0.05) is 18.9 Å². The van der Waals surface area contributed by atoms with Crippen LogP contribution in [0.5, 0.6) is 0 Å². The molecule has 2 aromatic heterocycles. The highest BCUT2D eigenvalue weighted by Gasteiger charge is 1.98. The Balaban J connectivity index is 1.80. The van der Waals surface area contributed by atoms with Gasteiger partial charge >= 0.3 is 0 Å². The lowest BCUT2D eigenvalue weighted by Gasteiger charge is -2.01. The van der Waals surface area contributed by atoms with Crippen molar-refractivity contribution in [1.29, 1.82) is 0 Å². The Morgan fingerprint density at radius 1 is 1.27 bits per heavy atom. The van der Waals surface area contributed by atoms with Gasteiger partial charge in [0.15, 0.2) is 0 Å². The second kappa shape index (κ2) is 4.84. The third-order valence-corrected chi connectivity index (χ3v) is 2.76. The lowest BCUT2D eigenvalue weighted by Crippen LogP contribution is -2.04. The normalized spacial score (nSPS) is 10.2. The fraction of sp³-hybridized carbons (Fsp3) is 0.300. The van der Waals surface area contributed by atoms with E-state index in [1.807, 2.05) is 31.5 Å². The van der Waals surface area contributed by atoms with Crippen LogP contribution in [-0.2, 0) is 6.42 Å². The minimum Gasteiger partial charge on any atom is -0.360 e. The maximum atomic E-state index is 3.99. The molecule has 0 radical (unpaired) electrons. The Morgan fingerprint density at radius 3 is 2.73 bits per heavy atom. The molecule has 2 rings (SSSR count). The van der Waals surface area contributed by atoms with Crippen LogP contribution in [0, 0.1) is 6.92 Å². The first-order chi connectivity index (χ1) is 7.34. The van der Waals surface area contributed by atoms with E-state index < -0.39 is 0 Å². The first-order valence-electron chi connectivity index (χ1n) is 4.77. The van der Waals surface area contributed by atoms with Gasteiger partial charge in [0.25, 0.3) is 0 Å². The summed E-state index contributed by atoms with van der Waals surface area (Å²) in [4.78, 5) is 3.97. The van der Waals surface area contributed by atoms with Gasteiger partial charge in [-0.15, -0.1) is 10.2 Å². The molecular formula is C10H12N4S. The molecule has 0 aliphatic carbocycles. The lowest BCUT2D eigenvalue weighted by molar-refractivity contribution is 0.983. The molecule has 0 unspecified atom stereocenters. The topological polar surface area (TPSA) is 50.7 Å².